The fourth-order valence-electron chi connectivity index (χ4n) is 2.57. The second-order valence-corrected chi connectivity index (χ2v) is 4.97. The summed E-state index contributed by atoms with van der Waals surface area (Å²) in [4.78, 5) is 0. The first kappa shape index (κ1) is 14.7. The van der Waals surface area contributed by atoms with Crippen LogP contribution in [0.25, 0.3) is 0 Å². The van der Waals surface area contributed by atoms with E-state index in [2.05, 4.69) is 5.32 Å². The average molecular weight is 275 g/mol. The van der Waals surface area contributed by atoms with Crippen molar-refractivity contribution in [3.05, 3.63) is 70.3 Å². The molecule has 1 N–H and O–H groups in total. The Bertz CT molecular complexity index is 588. The van der Waals surface area contributed by atoms with Crippen LogP contribution in [0.2, 0.25) is 0 Å². The highest BCUT2D eigenvalue weighted by molar-refractivity contribution is 5.42. The van der Waals surface area contributed by atoms with Crippen molar-refractivity contribution < 1.29 is 8.78 Å². The topological polar surface area (TPSA) is 12.0 Å². The van der Waals surface area contributed by atoms with Crippen molar-refractivity contribution in [3.8, 4) is 0 Å². The fraction of sp³-hybridized carbons (Fsp3) is 0.294. The van der Waals surface area contributed by atoms with E-state index in [1.807, 2.05) is 39.0 Å². The zero-order valence-corrected chi connectivity index (χ0v) is 12.0. The number of hydrogen-bond donors (Lipinski definition) is 1. The number of nitrogens with one attached hydrogen (secondary N) is 1. The van der Waals surface area contributed by atoms with Gasteiger partial charge < -0.3 is 5.32 Å². The Balaban J connectivity index is 2.53. The molecule has 0 amide bonds. The van der Waals surface area contributed by atoms with Crippen LogP contribution in [0.15, 0.2) is 36.4 Å². The van der Waals surface area contributed by atoms with Gasteiger partial charge >= 0.3 is 0 Å². The summed E-state index contributed by atoms with van der Waals surface area (Å²) >= 11 is 0. The highest BCUT2D eigenvalue weighted by Crippen LogP contribution is 2.28. The Morgan fingerprint density at radius 1 is 1.00 bits per heavy atom. The van der Waals surface area contributed by atoms with Gasteiger partial charge in [-0.3, -0.25) is 0 Å². The fourth-order valence-corrected chi connectivity index (χ4v) is 2.57. The Kier molecular flexibility index (Phi) is 4.50. The number of aryl methyl sites for hydroxylation is 2. The molecule has 0 aliphatic carbocycles. The summed E-state index contributed by atoms with van der Waals surface area (Å²) in [5.74, 6) is -1.62. The lowest BCUT2D eigenvalue weighted by Gasteiger charge is -2.23. The van der Waals surface area contributed by atoms with E-state index in [0.717, 1.165) is 28.8 Å². The van der Waals surface area contributed by atoms with Crippen LogP contribution in [0, 0.1) is 25.5 Å². The summed E-state index contributed by atoms with van der Waals surface area (Å²) < 4.78 is 26.6. The Morgan fingerprint density at radius 3 is 2.20 bits per heavy atom. The number of rotatable bonds is 4. The standard InChI is InChI=1S/C17H19F2N/c1-4-20-17(13-8-9-14(18)15(19)10-13)16-11(2)6-5-7-12(16)3/h5-10,17,20H,4H2,1-3H3. The van der Waals surface area contributed by atoms with E-state index in [-0.39, 0.29) is 6.04 Å². The highest BCUT2D eigenvalue weighted by Gasteiger charge is 2.18. The first-order valence-corrected chi connectivity index (χ1v) is 6.79. The molecular weight excluding hydrogens is 256 g/mol. The molecule has 0 radical (unpaired) electrons. The van der Waals surface area contributed by atoms with Gasteiger partial charge in [0.25, 0.3) is 0 Å². The third-order valence-corrected chi connectivity index (χ3v) is 3.52. The normalized spacial score (nSPS) is 12.4. The molecule has 0 saturated carbocycles. The van der Waals surface area contributed by atoms with Crippen LogP contribution in [-0.4, -0.2) is 6.54 Å². The third-order valence-electron chi connectivity index (χ3n) is 3.52. The number of benzene rings is 2. The monoisotopic (exact) mass is 275 g/mol. The molecule has 0 bridgehead atoms. The lowest BCUT2D eigenvalue weighted by molar-refractivity contribution is 0.503. The minimum atomic E-state index is -0.814. The van der Waals surface area contributed by atoms with Crippen molar-refractivity contribution in [3.63, 3.8) is 0 Å². The van der Waals surface area contributed by atoms with Crippen LogP contribution in [0.4, 0.5) is 8.78 Å². The molecule has 2 aromatic rings. The molecule has 2 rings (SSSR count). The maximum absolute atomic E-state index is 13.5. The van der Waals surface area contributed by atoms with Gasteiger partial charge in [0.15, 0.2) is 11.6 Å². The lowest BCUT2D eigenvalue weighted by Crippen LogP contribution is -2.23. The molecule has 0 aromatic heterocycles. The molecule has 3 heteroatoms. The molecular formula is C17H19F2N. The molecule has 0 fully saturated rings. The van der Waals surface area contributed by atoms with Crippen LogP contribution in [-0.2, 0) is 0 Å². The van der Waals surface area contributed by atoms with E-state index in [1.165, 1.54) is 12.1 Å². The van der Waals surface area contributed by atoms with Crippen molar-refractivity contribution in [2.45, 2.75) is 26.8 Å². The predicted molar refractivity (Wildman–Crippen MR) is 77.8 cm³/mol. The molecule has 0 saturated heterocycles. The van der Waals surface area contributed by atoms with Gasteiger partial charge in [-0.05, 0) is 54.8 Å². The van der Waals surface area contributed by atoms with E-state index in [4.69, 9.17) is 0 Å². The van der Waals surface area contributed by atoms with E-state index in [1.54, 1.807) is 6.07 Å². The molecule has 0 aliphatic rings. The Hall–Kier alpha value is -1.74. The third kappa shape index (κ3) is 2.88. The summed E-state index contributed by atoms with van der Waals surface area (Å²) in [6, 6.07) is 10.0. The van der Waals surface area contributed by atoms with Gasteiger partial charge in [0, 0.05) is 0 Å². The largest absolute Gasteiger partial charge is 0.307 e. The van der Waals surface area contributed by atoms with E-state index in [9.17, 15) is 8.78 Å². The minimum absolute atomic E-state index is 0.128. The molecule has 0 spiro atoms. The van der Waals surface area contributed by atoms with Crippen LogP contribution < -0.4 is 5.32 Å². The van der Waals surface area contributed by atoms with Crippen molar-refractivity contribution in [1.29, 1.82) is 0 Å². The van der Waals surface area contributed by atoms with Crippen LogP contribution in [0.5, 0.6) is 0 Å². The van der Waals surface area contributed by atoms with Gasteiger partial charge in [-0.25, -0.2) is 8.78 Å². The van der Waals surface area contributed by atoms with E-state index in [0.29, 0.717) is 0 Å². The van der Waals surface area contributed by atoms with Crippen molar-refractivity contribution >= 4 is 0 Å². The summed E-state index contributed by atoms with van der Waals surface area (Å²) in [7, 11) is 0. The zero-order chi connectivity index (χ0) is 14.7. The Morgan fingerprint density at radius 2 is 1.65 bits per heavy atom. The number of hydrogen-bond acceptors (Lipinski definition) is 1. The summed E-state index contributed by atoms with van der Waals surface area (Å²) in [5, 5.41) is 3.35. The van der Waals surface area contributed by atoms with Gasteiger partial charge in [-0.15, -0.1) is 0 Å². The van der Waals surface area contributed by atoms with Crippen molar-refractivity contribution in [2.75, 3.05) is 6.54 Å². The second-order valence-electron chi connectivity index (χ2n) is 4.97. The van der Waals surface area contributed by atoms with Crippen LogP contribution in [0.1, 0.15) is 35.2 Å². The van der Waals surface area contributed by atoms with Gasteiger partial charge in [-0.1, -0.05) is 31.2 Å². The van der Waals surface area contributed by atoms with Crippen LogP contribution in [0.3, 0.4) is 0 Å². The zero-order valence-electron chi connectivity index (χ0n) is 12.0. The first-order valence-electron chi connectivity index (χ1n) is 6.79. The summed E-state index contributed by atoms with van der Waals surface area (Å²) in [5.41, 5.74) is 4.14. The van der Waals surface area contributed by atoms with Crippen molar-refractivity contribution in [2.24, 2.45) is 0 Å². The Labute approximate surface area is 118 Å². The lowest BCUT2D eigenvalue weighted by atomic mass is 9.91. The molecule has 106 valence electrons. The molecule has 0 heterocycles. The molecule has 20 heavy (non-hydrogen) atoms. The van der Waals surface area contributed by atoms with Crippen LogP contribution >= 0.6 is 0 Å². The maximum atomic E-state index is 13.5. The number of halogens is 2. The average Bonchev–Trinajstić information content (AvgIpc) is 2.41. The highest BCUT2D eigenvalue weighted by atomic mass is 19.2. The summed E-state index contributed by atoms with van der Waals surface area (Å²) in [6.45, 7) is 6.82. The van der Waals surface area contributed by atoms with E-state index < -0.39 is 11.6 Å². The molecule has 1 unspecified atom stereocenters. The van der Waals surface area contributed by atoms with Gasteiger partial charge in [0.2, 0.25) is 0 Å². The smallest absolute Gasteiger partial charge is 0.159 e. The van der Waals surface area contributed by atoms with E-state index >= 15 is 0 Å². The first-order chi connectivity index (χ1) is 9.54. The maximum Gasteiger partial charge on any atom is 0.159 e. The molecule has 2 aromatic carbocycles. The van der Waals surface area contributed by atoms with Gasteiger partial charge in [-0.2, -0.15) is 0 Å². The van der Waals surface area contributed by atoms with Crippen molar-refractivity contribution in [1.82, 2.24) is 5.32 Å². The SMILES string of the molecule is CCNC(c1ccc(F)c(F)c1)c1c(C)cccc1C. The summed E-state index contributed by atoms with van der Waals surface area (Å²) in [6.07, 6.45) is 0. The molecule has 1 atom stereocenters. The predicted octanol–water partition coefficient (Wildman–Crippen LogP) is 4.28. The van der Waals surface area contributed by atoms with Gasteiger partial charge in [0.1, 0.15) is 0 Å². The molecule has 0 aliphatic heterocycles. The molecule has 1 nitrogen and oxygen atoms in total. The minimum Gasteiger partial charge on any atom is -0.307 e. The quantitative estimate of drug-likeness (QED) is 0.878. The second kappa shape index (κ2) is 6.14. The van der Waals surface area contributed by atoms with Gasteiger partial charge in [0.05, 0.1) is 6.04 Å².